The van der Waals surface area contributed by atoms with Crippen molar-refractivity contribution in [1.29, 1.82) is 0 Å². The van der Waals surface area contributed by atoms with Gasteiger partial charge < -0.3 is 5.32 Å². The third-order valence-corrected chi connectivity index (χ3v) is 6.29. The summed E-state index contributed by atoms with van der Waals surface area (Å²) in [6, 6.07) is 25.0. The van der Waals surface area contributed by atoms with Crippen molar-refractivity contribution in [2.45, 2.75) is 30.7 Å². The van der Waals surface area contributed by atoms with Crippen LogP contribution in [0.2, 0.25) is 0 Å². The van der Waals surface area contributed by atoms with Crippen LogP contribution in [-0.4, -0.2) is 20.9 Å². The first-order valence-corrected chi connectivity index (χ1v) is 11.4. The lowest BCUT2D eigenvalue weighted by Crippen LogP contribution is -2.34. The molecule has 0 aliphatic heterocycles. The molecule has 2 N–H and O–H groups in total. The van der Waals surface area contributed by atoms with E-state index in [1.807, 2.05) is 67.6 Å². The maximum Gasteiger partial charge on any atom is 0.241 e. The van der Waals surface area contributed by atoms with Crippen molar-refractivity contribution in [3.8, 4) is 0 Å². The Morgan fingerprint density at radius 3 is 2.10 bits per heavy atom. The summed E-state index contributed by atoms with van der Waals surface area (Å²) in [4.78, 5) is 12.7. The van der Waals surface area contributed by atoms with Crippen molar-refractivity contribution in [2.75, 3.05) is 6.54 Å². The Morgan fingerprint density at radius 1 is 0.867 bits per heavy atom. The van der Waals surface area contributed by atoms with Gasteiger partial charge in [0, 0.05) is 13.0 Å². The third kappa shape index (κ3) is 6.27. The molecule has 0 saturated heterocycles. The molecule has 1 amide bonds. The van der Waals surface area contributed by atoms with E-state index >= 15 is 0 Å². The van der Waals surface area contributed by atoms with Crippen molar-refractivity contribution < 1.29 is 13.2 Å². The monoisotopic (exact) mass is 422 g/mol. The Bertz CT molecular complexity index is 1050. The first-order chi connectivity index (χ1) is 14.4. The quantitative estimate of drug-likeness (QED) is 0.551. The predicted octanol–water partition coefficient (Wildman–Crippen LogP) is 3.76. The Kier molecular flexibility index (Phi) is 7.38. The zero-order chi connectivity index (χ0) is 21.4. The van der Waals surface area contributed by atoms with Gasteiger partial charge in [-0.05, 0) is 36.6 Å². The van der Waals surface area contributed by atoms with Gasteiger partial charge in [0.25, 0.3) is 0 Å². The lowest BCUT2D eigenvalue weighted by Gasteiger charge is -2.19. The number of hydrogen-bond donors (Lipinski definition) is 2. The van der Waals surface area contributed by atoms with Gasteiger partial charge in [0.05, 0.1) is 10.9 Å². The molecule has 3 rings (SSSR count). The summed E-state index contributed by atoms with van der Waals surface area (Å²) in [5.41, 5.74) is 2.86. The van der Waals surface area contributed by atoms with Gasteiger partial charge in [0.1, 0.15) is 0 Å². The van der Waals surface area contributed by atoms with Gasteiger partial charge >= 0.3 is 0 Å². The highest BCUT2D eigenvalue weighted by Gasteiger charge is 2.23. The second kappa shape index (κ2) is 10.2. The molecule has 0 unspecified atom stereocenters. The highest BCUT2D eigenvalue weighted by atomic mass is 32.2. The van der Waals surface area contributed by atoms with E-state index in [0.717, 1.165) is 23.1 Å². The topological polar surface area (TPSA) is 75.3 Å². The second-order valence-corrected chi connectivity index (χ2v) is 8.90. The van der Waals surface area contributed by atoms with Crippen LogP contribution < -0.4 is 10.0 Å². The average Bonchev–Trinajstić information content (AvgIpc) is 2.75. The fourth-order valence-electron chi connectivity index (χ4n) is 3.13. The molecule has 30 heavy (non-hydrogen) atoms. The van der Waals surface area contributed by atoms with Gasteiger partial charge in [0.15, 0.2) is 0 Å². The van der Waals surface area contributed by atoms with E-state index in [9.17, 15) is 13.2 Å². The minimum atomic E-state index is -3.76. The average molecular weight is 423 g/mol. The summed E-state index contributed by atoms with van der Waals surface area (Å²) in [7, 11) is -3.76. The van der Waals surface area contributed by atoms with E-state index in [2.05, 4.69) is 10.0 Å². The van der Waals surface area contributed by atoms with Gasteiger partial charge in [-0.3, -0.25) is 4.79 Å². The minimum absolute atomic E-state index is 0.0178. The number of carbonyl (C=O) groups is 1. The molecule has 5 nitrogen and oxygen atoms in total. The Hall–Kier alpha value is -2.96. The molecule has 6 heteroatoms. The molecule has 0 aromatic heterocycles. The summed E-state index contributed by atoms with van der Waals surface area (Å²) in [6.45, 7) is 2.39. The van der Waals surface area contributed by atoms with Gasteiger partial charge in [-0.2, -0.15) is 0 Å². The van der Waals surface area contributed by atoms with Crippen molar-refractivity contribution in [2.24, 2.45) is 0 Å². The van der Waals surface area contributed by atoms with Gasteiger partial charge in [-0.25, -0.2) is 13.1 Å². The van der Waals surface area contributed by atoms with Gasteiger partial charge in [-0.1, -0.05) is 78.4 Å². The van der Waals surface area contributed by atoms with Gasteiger partial charge in [-0.15, -0.1) is 0 Å². The van der Waals surface area contributed by atoms with Crippen LogP contribution in [0.15, 0.2) is 89.8 Å². The number of sulfonamides is 1. The van der Waals surface area contributed by atoms with Crippen LogP contribution >= 0.6 is 0 Å². The zero-order valence-corrected chi connectivity index (χ0v) is 17.7. The normalized spacial score (nSPS) is 12.3. The fraction of sp³-hybridized carbons (Fsp3) is 0.208. The summed E-state index contributed by atoms with van der Waals surface area (Å²) in [5.74, 6) is -0.202. The van der Waals surface area contributed by atoms with E-state index in [1.165, 1.54) is 0 Å². The Balaban J connectivity index is 1.68. The number of rotatable bonds is 9. The largest absolute Gasteiger partial charge is 0.356 e. The highest BCUT2D eigenvalue weighted by molar-refractivity contribution is 7.89. The minimum Gasteiger partial charge on any atom is -0.356 e. The van der Waals surface area contributed by atoms with E-state index in [1.54, 1.807) is 24.3 Å². The van der Waals surface area contributed by atoms with Gasteiger partial charge in [0.2, 0.25) is 15.9 Å². The molecule has 0 spiro atoms. The number of nitrogens with one attached hydrogen (secondary N) is 2. The number of amides is 1. The van der Waals surface area contributed by atoms with Crippen LogP contribution in [0.25, 0.3) is 0 Å². The molecule has 3 aromatic rings. The standard InChI is InChI=1S/C24H26N2O3S/c1-19-12-14-22(15-13-19)30(28,29)26-23(21-10-6-3-7-11-21)18-24(27)25-17-16-20-8-4-2-5-9-20/h2-15,23,26H,16-18H2,1H3,(H,25,27)/t23-/m1/s1. The fourth-order valence-corrected chi connectivity index (χ4v) is 4.36. The van der Waals surface area contributed by atoms with Crippen LogP contribution in [0.4, 0.5) is 0 Å². The molecule has 3 aromatic carbocycles. The highest BCUT2D eigenvalue weighted by Crippen LogP contribution is 2.20. The summed E-state index contributed by atoms with van der Waals surface area (Å²) < 4.78 is 28.4. The second-order valence-electron chi connectivity index (χ2n) is 7.19. The molecule has 156 valence electrons. The maximum atomic E-state index is 12.9. The molecule has 0 heterocycles. The smallest absolute Gasteiger partial charge is 0.241 e. The predicted molar refractivity (Wildman–Crippen MR) is 118 cm³/mol. The lowest BCUT2D eigenvalue weighted by molar-refractivity contribution is -0.121. The molecule has 0 bridgehead atoms. The summed E-state index contributed by atoms with van der Waals surface area (Å²) >= 11 is 0. The van der Waals surface area contributed by atoms with Crippen LogP contribution in [0, 0.1) is 6.92 Å². The summed E-state index contributed by atoms with van der Waals surface area (Å²) in [6.07, 6.45) is 0.738. The number of benzene rings is 3. The molecule has 1 atom stereocenters. The summed E-state index contributed by atoms with van der Waals surface area (Å²) in [5, 5.41) is 2.89. The number of aryl methyl sites for hydroxylation is 1. The first kappa shape index (κ1) is 21.7. The van der Waals surface area contributed by atoms with E-state index < -0.39 is 16.1 Å². The van der Waals surface area contributed by atoms with Crippen LogP contribution in [0.5, 0.6) is 0 Å². The van der Waals surface area contributed by atoms with Crippen molar-refractivity contribution in [1.82, 2.24) is 10.0 Å². The number of hydrogen-bond acceptors (Lipinski definition) is 3. The van der Waals surface area contributed by atoms with Crippen molar-refractivity contribution in [3.63, 3.8) is 0 Å². The molecule has 0 radical (unpaired) electrons. The van der Waals surface area contributed by atoms with E-state index in [-0.39, 0.29) is 17.2 Å². The molecular formula is C24H26N2O3S. The lowest BCUT2D eigenvalue weighted by atomic mass is 10.0. The SMILES string of the molecule is Cc1ccc(S(=O)(=O)N[C@H](CC(=O)NCCc2ccccc2)c2ccccc2)cc1. The zero-order valence-electron chi connectivity index (χ0n) is 16.9. The van der Waals surface area contributed by atoms with Crippen molar-refractivity contribution >= 4 is 15.9 Å². The van der Waals surface area contributed by atoms with E-state index in [4.69, 9.17) is 0 Å². The molecular weight excluding hydrogens is 396 g/mol. The molecule has 0 aliphatic carbocycles. The molecule has 0 saturated carbocycles. The van der Waals surface area contributed by atoms with Crippen LogP contribution in [0.3, 0.4) is 0 Å². The Labute approximate surface area is 178 Å². The first-order valence-electron chi connectivity index (χ1n) is 9.88. The van der Waals surface area contributed by atoms with E-state index in [0.29, 0.717) is 6.54 Å². The third-order valence-electron chi connectivity index (χ3n) is 4.80. The van der Waals surface area contributed by atoms with Crippen molar-refractivity contribution in [3.05, 3.63) is 102 Å². The number of carbonyl (C=O) groups excluding carboxylic acids is 1. The van der Waals surface area contributed by atoms with Crippen LogP contribution in [-0.2, 0) is 21.2 Å². The molecule has 0 aliphatic rings. The Morgan fingerprint density at radius 2 is 1.47 bits per heavy atom. The maximum absolute atomic E-state index is 12.9. The molecule has 0 fully saturated rings. The van der Waals surface area contributed by atoms with Crippen LogP contribution in [0.1, 0.15) is 29.2 Å².